The number of amides is 1. The van der Waals surface area contributed by atoms with E-state index in [9.17, 15) is 4.79 Å². The number of morpholine rings is 1. The lowest BCUT2D eigenvalue weighted by molar-refractivity contribution is -0.115. The van der Waals surface area contributed by atoms with E-state index < -0.39 is 0 Å². The number of nitrogens with zero attached hydrogens (tertiary/aromatic N) is 3. The number of nitrogens with one attached hydrogen (secondary N) is 2. The molecule has 2 unspecified atom stereocenters. The van der Waals surface area contributed by atoms with Gasteiger partial charge in [0.2, 0.25) is 11.9 Å². The summed E-state index contributed by atoms with van der Waals surface area (Å²) in [6.07, 6.45) is 4.11. The van der Waals surface area contributed by atoms with Crippen molar-refractivity contribution in [2.24, 2.45) is 0 Å². The Morgan fingerprint density at radius 2 is 1.81 bits per heavy atom. The minimum Gasteiger partial charge on any atom is -0.372 e. The number of anilines is 3. The van der Waals surface area contributed by atoms with Gasteiger partial charge in [-0.1, -0.05) is 0 Å². The van der Waals surface area contributed by atoms with Gasteiger partial charge in [-0.25, -0.2) is 9.97 Å². The van der Waals surface area contributed by atoms with Crippen molar-refractivity contribution in [3.63, 3.8) is 0 Å². The Bertz CT molecular complexity index is 698. The highest BCUT2D eigenvalue weighted by molar-refractivity contribution is 5.91. The van der Waals surface area contributed by atoms with Crippen LogP contribution in [0.25, 0.3) is 0 Å². The van der Waals surface area contributed by atoms with E-state index in [0.717, 1.165) is 24.5 Å². The van der Waals surface area contributed by atoms with Gasteiger partial charge in [0.25, 0.3) is 0 Å². The van der Waals surface area contributed by atoms with Crippen molar-refractivity contribution in [3.05, 3.63) is 42.7 Å². The number of hydrogen-bond acceptors (Lipinski definition) is 6. The highest BCUT2D eigenvalue weighted by Gasteiger charge is 2.22. The van der Waals surface area contributed by atoms with E-state index in [2.05, 4.69) is 39.3 Å². The van der Waals surface area contributed by atoms with Gasteiger partial charge in [-0.3, -0.25) is 4.79 Å². The van der Waals surface area contributed by atoms with Crippen molar-refractivity contribution in [2.45, 2.75) is 32.5 Å². The summed E-state index contributed by atoms with van der Waals surface area (Å²) in [4.78, 5) is 22.5. The van der Waals surface area contributed by atoms with Crippen molar-refractivity contribution < 1.29 is 9.53 Å². The number of carbonyl (C=O) groups excluding carboxylic acids is 1. The number of carbonyl (C=O) groups is 1. The molecule has 7 heteroatoms. The zero-order valence-electron chi connectivity index (χ0n) is 15.2. The summed E-state index contributed by atoms with van der Waals surface area (Å²) in [7, 11) is 0. The van der Waals surface area contributed by atoms with Crippen LogP contribution in [0.15, 0.2) is 42.7 Å². The lowest BCUT2D eigenvalue weighted by Gasteiger charge is -2.36. The van der Waals surface area contributed by atoms with Crippen LogP contribution in [0.2, 0.25) is 0 Å². The van der Waals surface area contributed by atoms with E-state index in [4.69, 9.17) is 4.74 Å². The molecule has 1 aliphatic heterocycles. The summed E-state index contributed by atoms with van der Waals surface area (Å²) >= 11 is 0. The first-order chi connectivity index (χ1) is 12.6. The lowest BCUT2D eigenvalue weighted by Crippen LogP contribution is -2.45. The first-order valence-electron chi connectivity index (χ1n) is 8.91. The molecule has 3 rings (SSSR count). The summed E-state index contributed by atoms with van der Waals surface area (Å²) in [5.74, 6) is 0.480. The van der Waals surface area contributed by atoms with Crippen LogP contribution in [0.4, 0.5) is 17.3 Å². The number of hydrogen-bond donors (Lipinski definition) is 2. The number of aromatic nitrogens is 2. The molecule has 1 aromatic heterocycles. The van der Waals surface area contributed by atoms with Crippen LogP contribution < -0.4 is 15.5 Å². The highest BCUT2D eigenvalue weighted by Crippen LogP contribution is 2.22. The average Bonchev–Trinajstić information content (AvgIpc) is 2.62. The van der Waals surface area contributed by atoms with Gasteiger partial charge in [-0.15, -0.1) is 0 Å². The van der Waals surface area contributed by atoms with Gasteiger partial charge in [-0.2, -0.15) is 0 Å². The molecule has 0 bridgehead atoms. The van der Waals surface area contributed by atoms with Crippen LogP contribution >= 0.6 is 0 Å². The van der Waals surface area contributed by atoms with Crippen molar-refractivity contribution in [3.8, 4) is 0 Å². The van der Waals surface area contributed by atoms with E-state index in [1.807, 2.05) is 24.3 Å². The summed E-state index contributed by atoms with van der Waals surface area (Å²) < 4.78 is 5.77. The predicted molar refractivity (Wildman–Crippen MR) is 102 cm³/mol. The molecule has 2 aromatic rings. The highest BCUT2D eigenvalue weighted by atomic mass is 16.5. The molecule has 138 valence electrons. The van der Waals surface area contributed by atoms with Crippen molar-refractivity contribution in [1.29, 1.82) is 0 Å². The number of rotatable bonds is 6. The molecule has 1 aromatic carbocycles. The normalized spacial score (nSPS) is 19.8. The quantitative estimate of drug-likeness (QED) is 0.829. The van der Waals surface area contributed by atoms with Crippen LogP contribution in [0, 0.1) is 0 Å². The minimum atomic E-state index is -0.0465. The van der Waals surface area contributed by atoms with E-state index in [-0.39, 0.29) is 18.1 Å². The van der Waals surface area contributed by atoms with E-state index in [1.54, 1.807) is 18.5 Å². The third-order valence-electron chi connectivity index (χ3n) is 4.14. The minimum absolute atomic E-state index is 0.0465. The van der Waals surface area contributed by atoms with E-state index in [1.165, 1.54) is 0 Å². The van der Waals surface area contributed by atoms with Crippen LogP contribution in [0.3, 0.4) is 0 Å². The SMILES string of the molecule is CC1CN(c2ccc(NC(=O)CCNc3ncccn3)cc2)CC(C)O1. The summed E-state index contributed by atoms with van der Waals surface area (Å²) in [5, 5.41) is 5.93. The Morgan fingerprint density at radius 1 is 1.15 bits per heavy atom. The van der Waals surface area contributed by atoms with Crippen LogP contribution in [0.5, 0.6) is 0 Å². The lowest BCUT2D eigenvalue weighted by atomic mass is 10.2. The number of ether oxygens (including phenoxy) is 1. The van der Waals surface area contributed by atoms with Crippen molar-refractivity contribution >= 4 is 23.2 Å². The van der Waals surface area contributed by atoms with Crippen LogP contribution in [-0.2, 0) is 9.53 Å². The first kappa shape index (κ1) is 18.1. The topological polar surface area (TPSA) is 79.4 Å². The maximum Gasteiger partial charge on any atom is 0.226 e. The van der Waals surface area contributed by atoms with Gasteiger partial charge in [0.15, 0.2) is 0 Å². The fourth-order valence-electron chi connectivity index (χ4n) is 3.05. The van der Waals surface area contributed by atoms with Crippen molar-refractivity contribution in [2.75, 3.05) is 35.2 Å². The van der Waals surface area contributed by atoms with Crippen molar-refractivity contribution in [1.82, 2.24) is 9.97 Å². The van der Waals surface area contributed by atoms with Gasteiger partial charge >= 0.3 is 0 Å². The zero-order chi connectivity index (χ0) is 18.4. The van der Waals surface area contributed by atoms with Gasteiger partial charge < -0.3 is 20.3 Å². The second kappa shape index (κ2) is 8.62. The van der Waals surface area contributed by atoms with Gasteiger partial charge in [0.1, 0.15) is 0 Å². The Balaban J connectivity index is 1.47. The zero-order valence-corrected chi connectivity index (χ0v) is 15.2. The Kier molecular flexibility index (Phi) is 6.01. The fourth-order valence-corrected chi connectivity index (χ4v) is 3.05. The molecule has 1 saturated heterocycles. The molecule has 2 atom stereocenters. The maximum atomic E-state index is 12.1. The van der Waals surface area contributed by atoms with E-state index >= 15 is 0 Å². The smallest absolute Gasteiger partial charge is 0.226 e. The van der Waals surface area contributed by atoms with Crippen LogP contribution in [0.1, 0.15) is 20.3 Å². The standard InChI is InChI=1S/C19H25N5O2/c1-14-12-24(13-15(2)26-14)17-6-4-16(5-7-17)23-18(25)8-11-22-19-20-9-3-10-21-19/h3-7,9-10,14-15H,8,11-13H2,1-2H3,(H,23,25)(H,20,21,22). The molecule has 0 aliphatic carbocycles. The molecule has 0 spiro atoms. The van der Waals surface area contributed by atoms with Gasteiger partial charge in [-0.05, 0) is 44.2 Å². The molecule has 1 aliphatic rings. The summed E-state index contributed by atoms with van der Waals surface area (Å²) in [6, 6.07) is 9.70. The van der Waals surface area contributed by atoms with E-state index in [0.29, 0.717) is 18.9 Å². The van der Waals surface area contributed by atoms with Gasteiger partial charge in [0.05, 0.1) is 12.2 Å². The second-order valence-electron chi connectivity index (χ2n) is 6.51. The average molecular weight is 355 g/mol. The first-order valence-corrected chi connectivity index (χ1v) is 8.91. The molecule has 1 amide bonds. The predicted octanol–water partition coefficient (Wildman–Crippen LogP) is 2.53. The molecular weight excluding hydrogens is 330 g/mol. The molecule has 2 N–H and O–H groups in total. The number of benzene rings is 1. The molecule has 0 saturated carbocycles. The molecule has 1 fully saturated rings. The Morgan fingerprint density at radius 3 is 2.46 bits per heavy atom. The fraction of sp³-hybridized carbons (Fsp3) is 0.421. The van der Waals surface area contributed by atoms with Gasteiger partial charge in [0, 0.05) is 49.8 Å². The molecule has 2 heterocycles. The Labute approximate surface area is 153 Å². The maximum absolute atomic E-state index is 12.1. The third kappa shape index (κ3) is 5.16. The summed E-state index contributed by atoms with van der Waals surface area (Å²) in [5.41, 5.74) is 1.94. The molecule has 0 radical (unpaired) electrons. The van der Waals surface area contributed by atoms with Crippen LogP contribution in [-0.4, -0.2) is 47.7 Å². The monoisotopic (exact) mass is 355 g/mol. The second-order valence-corrected chi connectivity index (χ2v) is 6.51. The molecule has 26 heavy (non-hydrogen) atoms. The molecule has 7 nitrogen and oxygen atoms in total. The molecular formula is C19H25N5O2. The third-order valence-corrected chi connectivity index (χ3v) is 4.14. The largest absolute Gasteiger partial charge is 0.372 e. The summed E-state index contributed by atoms with van der Waals surface area (Å²) in [6.45, 7) is 6.42. The Hall–Kier alpha value is -2.67.